The predicted octanol–water partition coefficient (Wildman–Crippen LogP) is 5.22. The van der Waals surface area contributed by atoms with E-state index in [0.717, 1.165) is 16.5 Å². The highest BCUT2D eigenvalue weighted by Crippen LogP contribution is 2.65. The number of hydrogen-bond donors (Lipinski definition) is 1. The number of anilines is 2. The van der Waals surface area contributed by atoms with Gasteiger partial charge >= 0.3 is 0 Å². The molecule has 6 atom stereocenters. The van der Waals surface area contributed by atoms with Gasteiger partial charge in [-0.15, -0.1) is 0 Å². The van der Waals surface area contributed by atoms with E-state index in [9.17, 15) is 14.4 Å². The highest BCUT2D eigenvalue weighted by atomic mass is 79.9. The maximum atomic E-state index is 13.3. The highest BCUT2D eigenvalue weighted by Gasteiger charge is 2.67. The molecule has 0 unspecified atom stereocenters. The standard InChI is InChI=1S/C25H20BrClN2O3/c1-11-19(8-7-18(26)22(11)27)28-23(30)12-3-2-4-13(9-12)29-24(31)20-14-5-6-15(17-10-16(14)17)21(20)25(29)32/h2-9,14-17,20-21H,10H2,1H3,(H,28,30)/t14-,15-,16-,17+,20+,21+/m0/s1. The molecule has 0 radical (unpaired) electrons. The Balaban J connectivity index is 1.28. The number of halogens is 2. The van der Waals surface area contributed by atoms with Gasteiger partial charge in [-0.1, -0.05) is 29.8 Å². The first-order valence-corrected chi connectivity index (χ1v) is 12.0. The first-order valence-electron chi connectivity index (χ1n) is 10.8. The number of hydrogen-bond acceptors (Lipinski definition) is 3. The van der Waals surface area contributed by atoms with Gasteiger partial charge in [0.25, 0.3) is 5.91 Å². The molecule has 1 aliphatic heterocycles. The van der Waals surface area contributed by atoms with Gasteiger partial charge in [-0.25, -0.2) is 4.90 Å². The van der Waals surface area contributed by atoms with Gasteiger partial charge in [-0.3, -0.25) is 14.4 Å². The van der Waals surface area contributed by atoms with Crippen LogP contribution in [0.5, 0.6) is 0 Å². The fourth-order valence-corrected chi connectivity index (χ4v) is 6.57. The maximum Gasteiger partial charge on any atom is 0.255 e. The second kappa shape index (κ2) is 7.03. The number of carbonyl (C=O) groups is 3. The van der Waals surface area contributed by atoms with Crippen molar-refractivity contribution in [3.05, 3.63) is 69.2 Å². The summed E-state index contributed by atoms with van der Waals surface area (Å²) in [4.78, 5) is 40.9. The van der Waals surface area contributed by atoms with E-state index >= 15 is 0 Å². The lowest BCUT2D eigenvalue weighted by Gasteiger charge is -2.37. The van der Waals surface area contributed by atoms with Crippen LogP contribution < -0.4 is 10.2 Å². The number of imide groups is 1. The quantitative estimate of drug-likeness (QED) is 0.454. The fourth-order valence-electron chi connectivity index (χ4n) is 5.98. The monoisotopic (exact) mass is 510 g/mol. The molecule has 1 N–H and O–H groups in total. The van der Waals surface area contributed by atoms with Gasteiger partial charge in [0.05, 0.1) is 22.5 Å². The zero-order valence-electron chi connectivity index (χ0n) is 17.2. The molecule has 3 fully saturated rings. The van der Waals surface area contributed by atoms with Crippen LogP contribution in [0.4, 0.5) is 11.4 Å². The molecule has 0 spiro atoms. The van der Waals surface area contributed by atoms with Crippen LogP contribution in [0.25, 0.3) is 0 Å². The molecule has 5 aliphatic rings. The zero-order valence-corrected chi connectivity index (χ0v) is 19.6. The first-order chi connectivity index (χ1) is 15.4. The smallest absolute Gasteiger partial charge is 0.255 e. The van der Waals surface area contributed by atoms with E-state index in [1.54, 1.807) is 36.4 Å². The summed E-state index contributed by atoms with van der Waals surface area (Å²) in [7, 11) is 0. The lowest BCUT2D eigenvalue weighted by Crippen LogP contribution is -2.40. The Morgan fingerprint density at radius 3 is 2.38 bits per heavy atom. The molecule has 2 aromatic carbocycles. The molecule has 0 aromatic heterocycles. The molecule has 5 nitrogen and oxygen atoms in total. The Bertz CT molecular complexity index is 1210. The van der Waals surface area contributed by atoms with Crippen LogP contribution in [0.3, 0.4) is 0 Å². The summed E-state index contributed by atoms with van der Waals surface area (Å²) in [6, 6.07) is 10.3. The summed E-state index contributed by atoms with van der Waals surface area (Å²) in [6.07, 6.45) is 5.44. The molecule has 2 bridgehead atoms. The van der Waals surface area contributed by atoms with Crippen molar-refractivity contribution in [2.75, 3.05) is 10.2 Å². The Morgan fingerprint density at radius 1 is 1.06 bits per heavy atom. The van der Waals surface area contributed by atoms with Crippen molar-refractivity contribution in [2.24, 2.45) is 35.5 Å². The van der Waals surface area contributed by atoms with Crippen LogP contribution in [0.1, 0.15) is 22.3 Å². The molecule has 4 aliphatic carbocycles. The molecule has 1 saturated heterocycles. The zero-order chi connectivity index (χ0) is 22.3. The summed E-state index contributed by atoms with van der Waals surface area (Å²) >= 11 is 9.65. The second-order valence-corrected chi connectivity index (χ2v) is 10.4. The minimum atomic E-state index is -0.326. The number of rotatable bonds is 3. The van der Waals surface area contributed by atoms with Crippen molar-refractivity contribution in [1.82, 2.24) is 0 Å². The van der Waals surface area contributed by atoms with E-state index in [4.69, 9.17) is 11.6 Å². The molecule has 32 heavy (non-hydrogen) atoms. The van der Waals surface area contributed by atoms with Crippen molar-refractivity contribution in [3.63, 3.8) is 0 Å². The normalized spacial score (nSPS) is 31.5. The number of nitrogens with one attached hydrogen (secondary N) is 1. The first kappa shape index (κ1) is 20.2. The topological polar surface area (TPSA) is 66.5 Å². The molecule has 162 valence electrons. The highest BCUT2D eigenvalue weighted by molar-refractivity contribution is 9.10. The van der Waals surface area contributed by atoms with Crippen molar-refractivity contribution in [1.29, 1.82) is 0 Å². The maximum absolute atomic E-state index is 13.3. The molecule has 7 heteroatoms. The summed E-state index contributed by atoms with van der Waals surface area (Å²) in [5.41, 5.74) is 2.19. The van der Waals surface area contributed by atoms with E-state index in [0.29, 0.717) is 33.8 Å². The average molecular weight is 512 g/mol. The van der Waals surface area contributed by atoms with Crippen LogP contribution in [-0.4, -0.2) is 17.7 Å². The van der Waals surface area contributed by atoms with E-state index in [1.807, 2.05) is 6.92 Å². The van der Waals surface area contributed by atoms with Gasteiger partial charge in [0.15, 0.2) is 0 Å². The van der Waals surface area contributed by atoms with Crippen molar-refractivity contribution < 1.29 is 14.4 Å². The number of carbonyl (C=O) groups excluding carboxylic acids is 3. The van der Waals surface area contributed by atoms with Crippen LogP contribution in [0.15, 0.2) is 53.0 Å². The van der Waals surface area contributed by atoms with Gasteiger partial charge in [0, 0.05) is 15.7 Å². The van der Waals surface area contributed by atoms with Gasteiger partial charge in [0.1, 0.15) is 0 Å². The van der Waals surface area contributed by atoms with Gasteiger partial charge in [-0.05, 0) is 88.8 Å². The van der Waals surface area contributed by atoms with Crippen molar-refractivity contribution in [2.45, 2.75) is 13.3 Å². The largest absolute Gasteiger partial charge is 0.322 e. The lowest BCUT2D eigenvalue weighted by atomic mass is 9.63. The Hall–Kier alpha value is -2.44. The molecule has 3 amide bonds. The Kier molecular flexibility index (Phi) is 4.43. The molecule has 1 heterocycles. The molecule has 7 rings (SSSR count). The van der Waals surface area contributed by atoms with E-state index in [2.05, 4.69) is 33.4 Å². The van der Waals surface area contributed by atoms with E-state index in [1.165, 1.54) is 4.90 Å². The number of amides is 3. The van der Waals surface area contributed by atoms with Crippen LogP contribution >= 0.6 is 27.5 Å². The third kappa shape index (κ3) is 2.78. The van der Waals surface area contributed by atoms with E-state index in [-0.39, 0.29) is 41.4 Å². The molecular formula is C25H20BrClN2O3. The van der Waals surface area contributed by atoms with Gasteiger partial charge < -0.3 is 5.32 Å². The van der Waals surface area contributed by atoms with Crippen molar-refractivity contribution in [3.8, 4) is 0 Å². The summed E-state index contributed by atoms with van der Waals surface area (Å²) < 4.78 is 0.755. The van der Waals surface area contributed by atoms with Crippen LogP contribution in [0.2, 0.25) is 5.02 Å². The number of allylic oxidation sites excluding steroid dienone is 2. The van der Waals surface area contributed by atoms with Gasteiger partial charge in [0.2, 0.25) is 11.8 Å². The summed E-state index contributed by atoms with van der Waals surface area (Å²) in [6.45, 7) is 1.83. The molecule has 2 saturated carbocycles. The molecular weight excluding hydrogens is 492 g/mol. The Morgan fingerprint density at radius 2 is 1.72 bits per heavy atom. The summed E-state index contributed by atoms with van der Waals surface area (Å²) in [5, 5.41) is 3.41. The number of nitrogens with zero attached hydrogens (tertiary/aromatic N) is 1. The SMILES string of the molecule is Cc1c(NC(=O)c2cccc(N3C(=O)[C@@H]4[C@H]5C=C[C@@H]([C@@H]6C[C@H]56)[C@H]4C3=O)c2)ccc(Br)c1Cl. The summed E-state index contributed by atoms with van der Waals surface area (Å²) in [5.74, 6) is 0.365. The van der Waals surface area contributed by atoms with Crippen LogP contribution in [-0.2, 0) is 9.59 Å². The fraction of sp³-hybridized carbons (Fsp3) is 0.320. The Labute approximate surface area is 198 Å². The second-order valence-electron chi connectivity index (χ2n) is 9.20. The predicted molar refractivity (Wildman–Crippen MR) is 125 cm³/mol. The van der Waals surface area contributed by atoms with Crippen molar-refractivity contribution >= 4 is 56.6 Å². The lowest BCUT2D eigenvalue weighted by molar-refractivity contribution is -0.124. The van der Waals surface area contributed by atoms with Crippen LogP contribution in [0, 0.1) is 42.4 Å². The molecule has 2 aromatic rings. The minimum absolute atomic E-state index is 0.127. The van der Waals surface area contributed by atoms with E-state index < -0.39 is 0 Å². The minimum Gasteiger partial charge on any atom is -0.322 e. The third-order valence-corrected chi connectivity index (χ3v) is 8.99. The third-order valence-electron chi connectivity index (χ3n) is 7.62. The average Bonchev–Trinajstić information content (AvgIpc) is 3.57. The van der Waals surface area contributed by atoms with Gasteiger partial charge in [-0.2, -0.15) is 0 Å². The number of benzene rings is 2.